The third-order valence-electron chi connectivity index (χ3n) is 5.20. The zero-order valence-electron chi connectivity index (χ0n) is 16.0. The molecule has 1 aromatic rings. The Morgan fingerprint density at radius 3 is 2.67 bits per heavy atom. The third-order valence-corrected chi connectivity index (χ3v) is 5.82. The average Bonchev–Trinajstić information content (AvgIpc) is 2.52. The highest BCUT2D eigenvalue weighted by Gasteiger charge is 2.25. The molecule has 0 heterocycles. The SMILES string of the molecule is CSCCNCC(C)(C)c1ccc(N)c(C2=CCC(C)(C)CC2)c1. The molecule has 0 bridgehead atoms. The number of hydrogen-bond donors (Lipinski definition) is 2. The van der Waals surface area contributed by atoms with Crippen LogP contribution in [0.1, 0.15) is 58.1 Å². The molecule has 0 fully saturated rings. The largest absolute Gasteiger partial charge is 0.398 e. The topological polar surface area (TPSA) is 38.0 Å². The molecular formula is C21H34N2S. The number of nitrogens with one attached hydrogen (secondary N) is 1. The highest BCUT2D eigenvalue weighted by molar-refractivity contribution is 7.98. The van der Waals surface area contributed by atoms with E-state index in [1.54, 1.807) is 0 Å². The molecule has 2 nitrogen and oxygen atoms in total. The van der Waals surface area contributed by atoms with E-state index in [1.807, 2.05) is 11.8 Å². The molecular weight excluding hydrogens is 312 g/mol. The summed E-state index contributed by atoms with van der Waals surface area (Å²) in [6.45, 7) is 11.4. The van der Waals surface area contributed by atoms with E-state index in [0.29, 0.717) is 5.41 Å². The Balaban J connectivity index is 2.17. The van der Waals surface area contributed by atoms with E-state index in [-0.39, 0.29) is 5.41 Å². The number of nitrogen functional groups attached to an aromatic ring is 1. The zero-order chi connectivity index (χ0) is 17.8. The summed E-state index contributed by atoms with van der Waals surface area (Å²) in [5, 5.41) is 3.58. The third kappa shape index (κ3) is 5.03. The van der Waals surface area contributed by atoms with E-state index in [2.05, 4.69) is 63.5 Å². The molecule has 3 N–H and O–H groups in total. The van der Waals surface area contributed by atoms with E-state index < -0.39 is 0 Å². The number of rotatable bonds is 7. The van der Waals surface area contributed by atoms with Crippen molar-refractivity contribution in [3.8, 4) is 0 Å². The Hall–Kier alpha value is -0.930. The summed E-state index contributed by atoms with van der Waals surface area (Å²) in [5.41, 5.74) is 11.8. The van der Waals surface area contributed by atoms with Crippen molar-refractivity contribution in [2.45, 2.75) is 52.4 Å². The van der Waals surface area contributed by atoms with Gasteiger partial charge in [0.2, 0.25) is 0 Å². The lowest BCUT2D eigenvalue weighted by molar-refractivity contribution is 0.335. The summed E-state index contributed by atoms with van der Waals surface area (Å²) in [7, 11) is 0. The van der Waals surface area contributed by atoms with Gasteiger partial charge >= 0.3 is 0 Å². The monoisotopic (exact) mass is 346 g/mol. The summed E-state index contributed by atoms with van der Waals surface area (Å²) in [6.07, 6.45) is 8.07. The van der Waals surface area contributed by atoms with Crippen LogP contribution in [0.3, 0.4) is 0 Å². The average molecular weight is 347 g/mol. The minimum atomic E-state index is 0.107. The van der Waals surface area contributed by atoms with Crippen molar-refractivity contribution in [1.29, 1.82) is 0 Å². The van der Waals surface area contributed by atoms with Gasteiger partial charge in [0, 0.05) is 35.5 Å². The van der Waals surface area contributed by atoms with Gasteiger partial charge in [0.15, 0.2) is 0 Å². The van der Waals surface area contributed by atoms with Crippen LogP contribution in [0, 0.1) is 5.41 Å². The van der Waals surface area contributed by atoms with Gasteiger partial charge in [-0.15, -0.1) is 0 Å². The summed E-state index contributed by atoms with van der Waals surface area (Å²) >= 11 is 1.88. The Morgan fingerprint density at radius 2 is 2.04 bits per heavy atom. The predicted octanol–water partition coefficient (Wildman–Crippen LogP) is 5.09. The van der Waals surface area contributed by atoms with Crippen LogP contribution in [0.4, 0.5) is 5.69 Å². The first-order valence-corrected chi connectivity index (χ1v) is 10.4. The highest BCUT2D eigenvalue weighted by atomic mass is 32.2. The van der Waals surface area contributed by atoms with E-state index in [4.69, 9.17) is 5.73 Å². The first kappa shape index (κ1) is 19.4. The molecule has 24 heavy (non-hydrogen) atoms. The Labute approximate surface area is 152 Å². The molecule has 134 valence electrons. The van der Waals surface area contributed by atoms with Gasteiger partial charge in [-0.05, 0) is 54.2 Å². The number of allylic oxidation sites excluding steroid dienone is 2. The van der Waals surface area contributed by atoms with E-state index in [0.717, 1.165) is 37.4 Å². The summed E-state index contributed by atoms with van der Waals surface area (Å²) < 4.78 is 0. The van der Waals surface area contributed by atoms with Gasteiger partial charge in [0.1, 0.15) is 0 Å². The summed E-state index contributed by atoms with van der Waals surface area (Å²) in [4.78, 5) is 0. The molecule has 0 spiro atoms. The van der Waals surface area contributed by atoms with Crippen LogP contribution >= 0.6 is 11.8 Å². The molecule has 1 aliphatic carbocycles. The molecule has 1 aliphatic rings. The fourth-order valence-corrected chi connectivity index (χ4v) is 3.60. The van der Waals surface area contributed by atoms with Crippen molar-refractivity contribution in [1.82, 2.24) is 5.32 Å². The lowest BCUT2D eigenvalue weighted by atomic mass is 9.76. The second-order valence-corrected chi connectivity index (χ2v) is 9.44. The Kier molecular flexibility index (Phi) is 6.44. The summed E-state index contributed by atoms with van der Waals surface area (Å²) in [5.74, 6) is 1.16. The van der Waals surface area contributed by atoms with E-state index >= 15 is 0 Å². The molecule has 0 aliphatic heterocycles. The maximum absolute atomic E-state index is 6.31. The molecule has 0 amide bonds. The molecule has 0 saturated carbocycles. The second-order valence-electron chi connectivity index (χ2n) is 8.45. The highest BCUT2D eigenvalue weighted by Crippen LogP contribution is 2.40. The smallest absolute Gasteiger partial charge is 0.0390 e. The minimum Gasteiger partial charge on any atom is -0.398 e. The van der Waals surface area contributed by atoms with E-state index in [1.165, 1.54) is 23.1 Å². The van der Waals surface area contributed by atoms with Gasteiger partial charge in [0.25, 0.3) is 0 Å². The number of nitrogens with two attached hydrogens (primary N) is 1. The van der Waals surface area contributed by atoms with Gasteiger partial charge in [-0.25, -0.2) is 0 Å². The molecule has 2 rings (SSSR count). The number of anilines is 1. The van der Waals surface area contributed by atoms with Gasteiger partial charge < -0.3 is 11.1 Å². The van der Waals surface area contributed by atoms with Crippen molar-refractivity contribution in [3.63, 3.8) is 0 Å². The fourth-order valence-electron chi connectivity index (χ4n) is 3.25. The fraction of sp³-hybridized carbons (Fsp3) is 0.619. The lowest BCUT2D eigenvalue weighted by Gasteiger charge is -2.30. The summed E-state index contributed by atoms with van der Waals surface area (Å²) in [6, 6.07) is 6.62. The number of thioether (sulfide) groups is 1. The molecule has 0 unspecified atom stereocenters. The quantitative estimate of drug-likeness (QED) is 0.533. The predicted molar refractivity (Wildman–Crippen MR) is 111 cm³/mol. The second kappa shape index (κ2) is 7.97. The minimum absolute atomic E-state index is 0.107. The first-order valence-electron chi connectivity index (χ1n) is 9.04. The lowest BCUT2D eigenvalue weighted by Crippen LogP contribution is -2.34. The molecule has 0 radical (unpaired) electrons. The van der Waals surface area contributed by atoms with Crippen LogP contribution < -0.4 is 11.1 Å². The van der Waals surface area contributed by atoms with Crippen LogP contribution in [-0.2, 0) is 5.41 Å². The van der Waals surface area contributed by atoms with Crippen LogP contribution in [0.5, 0.6) is 0 Å². The van der Waals surface area contributed by atoms with Crippen molar-refractivity contribution < 1.29 is 0 Å². The standard InChI is InChI=1S/C21H34N2S/c1-20(2)10-8-16(9-11-20)18-14-17(6-7-19(18)22)21(3,4)15-23-12-13-24-5/h6-8,14,23H,9-13,15,22H2,1-5H3. The molecule has 0 atom stereocenters. The van der Waals surface area contributed by atoms with Gasteiger partial charge in [-0.1, -0.05) is 39.8 Å². The van der Waals surface area contributed by atoms with Gasteiger partial charge in [0.05, 0.1) is 0 Å². The molecule has 0 aromatic heterocycles. The Bertz CT molecular complexity index is 588. The maximum Gasteiger partial charge on any atom is 0.0390 e. The molecule has 3 heteroatoms. The van der Waals surface area contributed by atoms with Crippen molar-refractivity contribution in [2.75, 3.05) is 30.8 Å². The van der Waals surface area contributed by atoms with Gasteiger partial charge in [-0.3, -0.25) is 0 Å². The maximum atomic E-state index is 6.31. The van der Waals surface area contributed by atoms with Crippen LogP contribution in [0.2, 0.25) is 0 Å². The normalized spacial score (nSPS) is 17.6. The first-order chi connectivity index (χ1) is 11.2. The Morgan fingerprint density at radius 1 is 1.29 bits per heavy atom. The van der Waals surface area contributed by atoms with Crippen LogP contribution in [-0.4, -0.2) is 25.1 Å². The van der Waals surface area contributed by atoms with Crippen molar-refractivity contribution >= 4 is 23.0 Å². The zero-order valence-corrected chi connectivity index (χ0v) is 16.9. The van der Waals surface area contributed by atoms with Crippen LogP contribution in [0.15, 0.2) is 24.3 Å². The number of benzene rings is 1. The van der Waals surface area contributed by atoms with E-state index in [9.17, 15) is 0 Å². The van der Waals surface area contributed by atoms with Crippen molar-refractivity contribution in [3.05, 3.63) is 35.4 Å². The number of hydrogen-bond acceptors (Lipinski definition) is 3. The molecule has 0 saturated heterocycles. The van der Waals surface area contributed by atoms with Crippen LogP contribution in [0.25, 0.3) is 5.57 Å². The molecule has 1 aromatic carbocycles. The van der Waals surface area contributed by atoms with Gasteiger partial charge in [-0.2, -0.15) is 11.8 Å². The van der Waals surface area contributed by atoms with Crippen molar-refractivity contribution in [2.24, 2.45) is 5.41 Å².